The first-order valence-electron chi connectivity index (χ1n) is 5.60. The van der Waals surface area contributed by atoms with Crippen LogP contribution in [-0.2, 0) is 6.54 Å². The number of hydrogen-bond acceptors (Lipinski definition) is 3. The predicted octanol–water partition coefficient (Wildman–Crippen LogP) is 2.55. The van der Waals surface area contributed by atoms with Gasteiger partial charge in [0.05, 0.1) is 5.69 Å². The summed E-state index contributed by atoms with van der Waals surface area (Å²) in [5, 5.41) is 0. The van der Waals surface area contributed by atoms with Crippen molar-refractivity contribution in [3.05, 3.63) is 29.6 Å². The van der Waals surface area contributed by atoms with Crippen LogP contribution >= 0.6 is 0 Å². The molecule has 0 fully saturated rings. The second kappa shape index (κ2) is 5.21. The van der Waals surface area contributed by atoms with Crippen molar-refractivity contribution in [2.75, 3.05) is 0 Å². The number of hydrogen-bond donors (Lipinski definition) is 1. The van der Waals surface area contributed by atoms with E-state index in [1.54, 1.807) is 18.3 Å². The number of aromatic nitrogens is 1. The molecule has 1 aromatic heterocycles. The fraction of sp³-hybridized carbons (Fsp3) is 0.538. The Hall–Kier alpha value is -1.22. The highest BCUT2D eigenvalue weighted by Crippen LogP contribution is 2.21. The van der Waals surface area contributed by atoms with Gasteiger partial charge in [-0.3, -0.25) is 9.78 Å². The minimum Gasteiger partial charge on any atom is -0.325 e. The fourth-order valence-corrected chi connectivity index (χ4v) is 1.40. The van der Waals surface area contributed by atoms with E-state index in [9.17, 15) is 4.79 Å². The average Bonchev–Trinajstić information content (AvgIpc) is 2.25. The quantitative estimate of drug-likeness (QED) is 0.793. The Balaban J connectivity index is 2.66. The van der Waals surface area contributed by atoms with Crippen LogP contribution in [0.15, 0.2) is 18.3 Å². The van der Waals surface area contributed by atoms with Crippen LogP contribution in [0, 0.1) is 5.41 Å². The maximum Gasteiger partial charge on any atom is 0.163 e. The van der Waals surface area contributed by atoms with E-state index in [2.05, 4.69) is 25.8 Å². The second-order valence-electron chi connectivity index (χ2n) is 5.22. The molecule has 1 heterocycles. The number of nitrogens with two attached hydrogens (primary N) is 1. The molecule has 0 unspecified atom stereocenters. The van der Waals surface area contributed by atoms with E-state index in [1.165, 1.54) is 0 Å². The molecule has 0 aliphatic rings. The summed E-state index contributed by atoms with van der Waals surface area (Å²) >= 11 is 0. The van der Waals surface area contributed by atoms with E-state index in [1.807, 2.05) is 0 Å². The molecular weight excluding hydrogens is 200 g/mol. The fourth-order valence-electron chi connectivity index (χ4n) is 1.40. The van der Waals surface area contributed by atoms with Crippen LogP contribution in [0.1, 0.15) is 49.7 Å². The molecule has 0 atom stereocenters. The van der Waals surface area contributed by atoms with Crippen molar-refractivity contribution in [2.45, 2.75) is 40.2 Å². The van der Waals surface area contributed by atoms with Gasteiger partial charge in [-0.25, -0.2) is 0 Å². The number of carbonyl (C=O) groups is 1. The Kier molecular flexibility index (Phi) is 4.19. The molecule has 0 aliphatic heterocycles. The van der Waals surface area contributed by atoms with Gasteiger partial charge in [-0.2, -0.15) is 0 Å². The van der Waals surface area contributed by atoms with E-state index < -0.39 is 0 Å². The molecule has 0 saturated heterocycles. The number of rotatable bonds is 4. The summed E-state index contributed by atoms with van der Waals surface area (Å²) in [5.74, 6) is 0.173. The maximum atomic E-state index is 11.9. The first-order valence-corrected chi connectivity index (χ1v) is 5.60. The number of carbonyl (C=O) groups excluding carboxylic acids is 1. The third-order valence-electron chi connectivity index (χ3n) is 2.45. The number of ketones is 1. The van der Waals surface area contributed by atoms with Crippen molar-refractivity contribution >= 4 is 5.78 Å². The van der Waals surface area contributed by atoms with Crippen molar-refractivity contribution in [3.8, 4) is 0 Å². The molecular formula is C13H20N2O. The summed E-state index contributed by atoms with van der Waals surface area (Å²) < 4.78 is 0. The van der Waals surface area contributed by atoms with Gasteiger partial charge in [0.15, 0.2) is 5.78 Å². The van der Waals surface area contributed by atoms with Gasteiger partial charge in [-0.15, -0.1) is 0 Å². The van der Waals surface area contributed by atoms with Gasteiger partial charge in [0.25, 0.3) is 0 Å². The SMILES string of the molecule is CC(C)(C)CCC(=O)c1ccnc(CN)c1. The van der Waals surface area contributed by atoms with Crippen LogP contribution in [0.25, 0.3) is 0 Å². The molecule has 0 bridgehead atoms. The van der Waals surface area contributed by atoms with Crippen molar-refractivity contribution in [2.24, 2.45) is 11.1 Å². The van der Waals surface area contributed by atoms with Gasteiger partial charge in [0.2, 0.25) is 0 Å². The van der Waals surface area contributed by atoms with Crippen LogP contribution in [0.5, 0.6) is 0 Å². The highest BCUT2D eigenvalue weighted by Gasteiger charge is 2.14. The van der Waals surface area contributed by atoms with Crippen LogP contribution < -0.4 is 5.73 Å². The predicted molar refractivity (Wildman–Crippen MR) is 65.1 cm³/mol. The molecule has 0 spiro atoms. The van der Waals surface area contributed by atoms with Crippen LogP contribution in [0.3, 0.4) is 0 Å². The van der Waals surface area contributed by atoms with Gasteiger partial charge in [-0.05, 0) is 24.0 Å². The normalized spacial score (nSPS) is 11.5. The van der Waals surface area contributed by atoms with Gasteiger partial charge in [0.1, 0.15) is 0 Å². The lowest BCUT2D eigenvalue weighted by molar-refractivity contribution is 0.0965. The third kappa shape index (κ3) is 4.11. The first-order chi connectivity index (χ1) is 7.42. The lowest BCUT2D eigenvalue weighted by atomic mass is 9.88. The highest BCUT2D eigenvalue weighted by atomic mass is 16.1. The average molecular weight is 220 g/mol. The lowest BCUT2D eigenvalue weighted by Crippen LogP contribution is -2.10. The van der Waals surface area contributed by atoms with Gasteiger partial charge in [0, 0.05) is 24.7 Å². The van der Waals surface area contributed by atoms with Gasteiger partial charge < -0.3 is 5.73 Å². The summed E-state index contributed by atoms with van der Waals surface area (Å²) in [6.07, 6.45) is 3.12. The van der Waals surface area contributed by atoms with E-state index in [4.69, 9.17) is 5.73 Å². The minimum absolute atomic E-state index is 0.173. The smallest absolute Gasteiger partial charge is 0.163 e. The monoisotopic (exact) mass is 220 g/mol. The molecule has 3 nitrogen and oxygen atoms in total. The van der Waals surface area contributed by atoms with Crippen molar-refractivity contribution in [1.82, 2.24) is 4.98 Å². The molecule has 88 valence electrons. The van der Waals surface area contributed by atoms with Crippen LogP contribution in [-0.4, -0.2) is 10.8 Å². The Morgan fingerprint density at radius 1 is 1.44 bits per heavy atom. The summed E-state index contributed by atoms with van der Waals surface area (Å²) in [4.78, 5) is 16.0. The largest absolute Gasteiger partial charge is 0.325 e. The number of Topliss-reactive ketones (excluding diaryl/α,β-unsaturated/α-hetero) is 1. The van der Waals surface area contributed by atoms with Crippen molar-refractivity contribution in [1.29, 1.82) is 0 Å². The highest BCUT2D eigenvalue weighted by molar-refractivity contribution is 5.96. The van der Waals surface area contributed by atoms with E-state index in [0.717, 1.165) is 17.7 Å². The van der Waals surface area contributed by atoms with Crippen molar-refractivity contribution < 1.29 is 4.79 Å². The first kappa shape index (κ1) is 12.8. The van der Waals surface area contributed by atoms with Crippen LogP contribution in [0.4, 0.5) is 0 Å². The summed E-state index contributed by atoms with van der Waals surface area (Å²) in [7, 11) is 0. The summed E-state index contributed by atoms with van der Waals surface area (Å²) in [5.41, 5.74) is 7.17. The lowest BCUT2D eigenvalue weighted by Gasteiger charge is -2.17. The van der Waals surface area contributed by atoms with E-state index >= 15 is 0 Å². The molecule has 0 saturated carbocycles. The number of nitrogens with zero attached hydrogens (tertiary/aromatic N) is 1. The summed E-state index contributed by atoms with van der Waals surface area (Å²) in [6, 6.07) is 3.54. The zero-order valence-corrected chi connectivity index (χ0v) is 10.3. The second-order valence-corrected chi connectivity index (χ2v) is 5.22. The molecule has 1 rings (SSSR count). The molecule has 2 N–H and O–H groups in total. The standard InChI is InChI=1S/C13H20N2O/c1-13(2,3)6-4-12(16)10-5-7-15-11(8-10)9-14/h5,7-8H,4,6,9,14H2,1-3H3. The molecule has 0 aromatic carbocycles. The Bertz CT molecular complexity index is 366. The minimum atomic E-state index is 0.173. The Labute approximate surface area is 97.1 Å². The third-order valence-corrected chi connectivity index (χ3v) is 2.45. The zero-order valence-electron chi connectivity index (χ0n) is 10.3. The molecule has 1 aromatic rings. The molecule has 0 amide bonds. The van der Waals surface area contributed by atoms with Gasteiger partial charge >= 0.3 is 0 Å². The summed E-state index contributed by atoms with van der Waals surface area (Å²) in [6.45, 7) is 6.79. The van der Waals surface area contributed by atoms with E-state index in [0.29, 0.717) is 13.0 Å². The Morgan fingerprint density at radius 2 is 2.12 bits per heavy atom. The topological polar surface area (TPSA) is 56.0 Å². The molecule has 0 radical (unpaired) electrons. The zero-order chi connectivity index (χ0) is 12.2. The number of pyridine rings is 1. The molecule has 16 heavy (non-hydrogen) atoms. The van der Waals surface area contributed by atoms with Crippen molar-refractivity contribution in [3.63, 3.8) is 0 Å². The maximum absolute atomic E-state index is 11.9. The molecule has 0 aliphatic carbocycles. The van der Waals surface area contributed by atoms with E-state index in [-0.39, 0.29) is 11.2 Å². The Morgan fingerprint density at radius 3 is 2.69 bits per heavy atom. The van der Waals surface area contributed by atoms with Crippen LogP contribution in [0.2, 0.25) is 0 Å². The van der Waals surface area contributed by atoms with Gasteiger partial charge in [-0.1, -0.05) is 20.8 Å². The molecule has 3 heteroatoms.